The number of aromatic nitrogens is 2. The molecule has 0 saturated heterocycles. The minimum atomic E-state index is -0.157. The molecule has 7 heteroatoms. The number of anilines is 4. The number of hydrogen-bond donors (Lipinski definition) is 2. The fourth-order valence-electron chi connectivity index (χ4n) is 4.56. The zero-order valence-electron chi connectivity index (χ0n) is 21.0. The highest BCUT2D eigenvalue weighted by Crippen LogP contribution is 2.35. The highest BCUT2D eigenvalue weighted by Gasteiger charge is 2.14. The molecular weight excluding hydrogens is 474 g/mol. The van der Waals surface area contributed by atoms with Crippen LogP contribution in [0.15, 0.2) is 108 Å². The molecule has 6 aromatic rings. The number of benzene rings is 4. The van der Waals surface area contributed by atoms with E-state index in [4.69, 9.17) is 4.42 Å². The van der Waals surface area contributed by atoms with E-state index < -0.39 is 0 Å². The summed E-state index contributed by atoms with van der Waals surface area (Å²) in [4.78, 5) is 23.7. The average molecular weight is 500 g/mol. The third-order valence-corrected chi connectivity index (χ3v) is 6.39. The van der Waals surface area contributed by atoms with Crippen LogP contribution in [0.4, 0.5) is 22.9 Å². The molecule has 186 valence electrons. The van der Waals surface area contributed by atoms with Gasteiger partial charge in [-0.15, -0.1) is 0 Å². The molecule has 0 spiro atoms. The number of hydrogen-bond acceptors (Lipinski definition) is 6. The van der Waals surface area contributed by atoms with Crippen LogP contribution in [0.3, 0.4) is 0 Å². The van der Waals surface area contributed by atoms with E-state index in [1.807, 2.05) is 104 Å². The Morgan fingerprint density at radius 3 is 2.37 bits per heavy atom. The van der Waals surface area contributed by atoms with Crippen molar-refractivity contribution in [2.75, 3.05) is 29.6 Å². The van der Waals surface area contributed by atoms with E-state index in [1.54, 1.807) is 0 Å². The molecule has 6 rings (SSSR count). The number of fused-ring (bicyclic) bond motifs is 3. The quantitative estimate of drug-likeness (QED) is 0.254. The predicted octanol–water partition coefficient (Wildman–Crippen LogP) is 7.10. The molecule has 2 heterocycles. The number of amides is 1. The summed E-state index contributed by atoms with van der Waals surface area (Å²) in [6.45, 7) is 0. The largest absolute Gasteiger partial charge is 0.455 e. The molecule has 2 N–H and O–H groups in total. The van der Waals surface area contributed by atoms with Gasteiger partial charge in [0, 0.05) is 53.6 Å². The third kappa shape index (κ3) is 4.41. The van der Waals surface area contributed by atoms with Crippen molar-refractivity contribution >= 4 is 50.7 Å². The number of para-hydroxylation sites is 3. The molecule has 0 aliphatic heterocycles. The summed E-state index contributed by atoms with van der Waals surface area (Å²) in [5, 5.41) is 8.43. The van der Waals surface area contributed by atoms with Crippen LogP contribution < -0.4 is 15.5 Å². The summed E-state index contributed by atoms with van der Waals surface area (Å²) < 4.78 is 6.18. The maximum Gasteiger partial charge on any atom is 0.257 e. The SMILES string of the molecule is CN(C)c1ccccc1C(=O)Nc1ccc(Nc2cc(-c3cccc4c3oc3ccccc34)ncn2)cc1. The lowest BCUT2D eigenvalue weighted by atomic mass is 10.1. The number of carbonyl (C=O) groups is 1. The molecule has 0 aliphatic rings. The molecule has 0 saturated carbocycles. The van der Waals surface area contributed by atoms with Crippen molar-refractivity contribution in [1.29, 1.82) is 0 Å². The fraction of sp³-hybridized carbons (Fsp3) is 0.0645. The molecule has 0 aliphatic carbocycles. The molecule has 2 aromatic heterocycles. The van der Waals surface area contributed by atoms with Crippen LogP contribution in [-0.2, 0) is 0 Å². The van der Waals surface area contributed by atoms with Gasteiger partial charge in [-0.25, -0.2) is 9.97 Å². The lowest BCUT2D eigenvalue weighted by molar-refractivity contribution is 0.102. The first-order chi connectivity index (χ1) is 18.6. The van der Waals surface area contributed by atoms with Crippen LogP contribution in [0, 0.1) is 0 Å². The van der Waals surface area contributed by atoms with Gasteiger partial charge in [0.25, 0.3) is 5.91 Å². The predicted molar refractivity (Wildman–Crippen MR) is 153 cm³/mol. The Bertz CT molecular complexity index is 1770. The molecule has 0 unspecified atom stereocenters. The van der Waals surface area contributed by atoms with Crippen LogP contribution in [0.25, 0.3) is 33.2 Å². The molecule has 38 heavy (non-hydrogen) atoms. The minimum absolute atomic E-state index is 0.157. The molecular formula is C31H25N5O2. The van der Waals surface area contributed by atoms with E-state index in [1.165, 1.54) is 6.33 Å². The molecule has 0 atom stereocenters. The summed E-state index contributed by atoms with van der Waals surface area (Å²) >= 11 is 0. The van der Waals surface area contributed by atoms with Gasteiger partial charge in [0.15, 0.2) is 0 Å². The van der Waals surface area contributed by atoms with Gasteiger partial charge in [-0.1, -0.05) is 42.5 Å². The lowest BCUT2D eigenvalue weighted by Crippen LogP contribution is -2.18. The smallest absolute Gasteiger partial charge is 0.257 e. The van der Waals surface area contributed by atoms with Crippen LogP contribution >= 0.6 is 0 Å². The number of nitrogens with one attached hydrogen (secondary N) is 2. The first-order valence-electron chi connectivity index (χ1n) is 12.2. The van der Waals surface area contributed by atoms with Crippen LogP contribution in [0.1, 0.15) is 10.4 Å². The van der Waals surface area contributed by atoms with E-state index in [0.29, 0.717) is 17.1 Å². The van der Waals surface area contributed by atoms with Gasteiger partial charge < -0.3 is 20.0 Å². The molecule has 7 nitrogen and oxygen atoms in total. The van der Waals surface area contributed by atoms with Crippen molar-refractivity contribution in [2.45, 2.75) is 0 Å². The van der Waals surface area contributed by atoms with E-state index in [-0.39, 0.29) is 5.91 Å². The van der Waals surface area contributed by atoms with Crippen LogP contribution in [0.2, 0.25) is 0 Å². The van der Waals surface area contributed by atoms with E-state index in [9.17, 15) is 4.79 Å². The second kappa shape index (κ2) is 9.71. The number of nitrogens with zero attached hydrogens (tertiary/aromatic N) is 3. The number of furan rings is 1. The molecule has 0 bridgehead atoms. The van der Waals surface area contributed by atoms with Gasteiger partial charge in [-0.3, -0.25) is 4.79 Å². The average Bonchev–Trinajstić information content (AvgIpc) is 3.33. The summed E-state index contributed by atoms with van der Waals surface area (Å²) in [5.41, 5.74) is 6.33. The molecule has 1 amide bonds. The van der Waals surface area contributed by atoms with Gasteiger partial charge in [-0.2, -0.15) is 0 Å². The standard InChI is InChI=1S/C31H25N5O2/c1-36(2)27-12-5-3-9-25(27)31(37)35-21-16-14-20(15-17-21)34-29-18-26(32-19-33-29)24-11-7-10-23-22-8-4-6-13-28(22)38-30(23)24/h3-19H,1-2H3,(H,35,37)(H,32,33,34). The van der Waals surface area contributed by atoms with Gasteiger partial charge in [-0.05, 0) is 48.5 Å². The Kier molecular flexibility index (Phi) is 5.94. The van der Waals surface area contributed by atoms with Gasteiger partial charge in [0.05, 0.1) is 11.3 Å². The Hall–Kier alpha value is -5.17. The summed E-state index contributed by atoms with van der Waals surface area (Å²) in [5.74, 6) is 0.495. The van der Waals surface area contributed by atoms with Crippen molar-refractivity contribution in [2.24, 2.45) is 0 Å². The second-order valence-corrected chi connectivity index (χ2v) is 9.14. The molecule has 0 fully saturated rings. The van der Waals surface area contributed by atoms with Crippen molar-refractivity contribution in [3.8, 4) is 11.3 Å². The highest BCUT2D eigenvalue weighted by atomic mass is 16.3. The molecule has 0 radical (unpaired) electrons. The molecule has 4 aromatic carbocycles. The first kappa shape index (κ1) is 23.2. The second-order valence-electron chi connectivity index (χ2n) is 9.14. The Morgan fingerprint density at radius 1 is 0.789 bits per heavy atom. The number of carbonyl (C=O) groups excluding carboxylic acids is 1. The van der Waals surface area contributed by atoms with E-state index in [0.717, 1.165) is 44.6 Å². The van der Waals surface area contributed by atoms with E-state index >= 15 is 0 Å². The third-order valence-electron chi connectivity index (χ3n) is 6.39. The normalized spacial score (nSPS) is 11.0. The summed E-state index contributed by atoms with van der Waals surface area (Å²) in [7, 11) is 3.84. The van der Waals surface area contributed by atoms with Crippen molar-refractivity contribution in [1.82, 2.24) is 9.97 Å². The van der Waals surface area contributed by atoms with Crippen molar-refractivity contribution in [3.05, 3.63) is 109 Å². The van der Waals surface area contributed by atoms with Crippen LogP contribution in [-0.4, -0.2) is 30.0 Å². The van der Waals surface area contributed by atoms with Crippen LogP contribution in [0.5, 0.6) is 0 Å². The topological polar surface area (TPSA) is 83.3 Å². The van der Waals surface area contributed by atoms with Crippen molar-refractivity contribution in [3.63, 3.8) is 0 Å². The maximum atomic E-state index is 12.9. The zero-order valence-corrected chi connectivity index (χ0v) is 21.0. The first-order valence-corrected chi connectivity index (χ1v) is 12.2. The number of rotatable bonds is 6. The van der Waals surface area contributed by atoms with Crippen molar-refractivity contribution < 1.29 is 9.21 Å². The fourth-order valence-corrected chi connectivity index (χ4v) is 4.56. The maximum absolute atomic E-state index is 12.9. The van der Waals surface area contributed by atoms with E-state index in [2.05, 4.69) is 32.7 Å². The summed E-state index contributed by atoms with van der Waals surface area (Å²) in [6, 6.07) is 31.0. The monoisotopic (exact) mass is 499 g/mol. The highest BCUT2D eigenvalue weighted by molar-refractivity contribution is 6.09. The minimum Gasteiger partial charge on any atom is -0.455 e. The Labute approximate surface area is 219 Å². The lowest BCUT2D eigenvalue weighted by Gasteiger charge is -2.17. The Balaban J connectivity index is 1.21. The van der Waals surface area contributed by atoms with Gasteiger partial charge in [0.2, 0.25) is 0 Å². The van der Waals surface area contributed by atoms with Gasteiger partial charge >= 0.3 is 0 Å². The van der Waals surface area contributed by atoms with Gasteiger partial charge in [0.1, 0.15) is 23.3 Å². The zero-order chi connectivity index (χ0) is 26.1. The summed E-state index contributed by atoms with van der Waals surface area (Å²) in [6.07, 6.45) is 1.54. The Morgan fingerprint density at radius 2 is 1.53 bits per heavy atom.